The molecule has 50 heavy (non-hydrogen) atoms. The molecule has 0 atom stereocenters. The fourth-order valence-corrected chi connectivity index (χ4v) is 8.10. The van der Waals surface area contributed by atoms with E-state index >= 15 is 0 Å². The van der Waals surface area contributed by atoms with E-state index in [4.69, 9.17) is 15.0 Å². The molecule has 234 valence electrons. The lowest BCUT2D eigenvalue weighted by Gasteiger charge is -2.10. The molecule has 0 amide bonds. The van der Waals surface area contributed by atoms with Gasteiger partial charge in [-0.05, 0) is 65.7 Å². The van der Waals surface area contributed by atoms with Gasteiger partial charge in [-0.1, -0.05) is 115 Å². The number of aromatic nitrogens is 4. The van der Waals surface area contributed by atoms with Gasteiger partial charge >= 0.3 is 0 Å². The molecule has 0 bridgehead atoms. The molecule has 0 radical (unpaired) electrons. The molecule has 0 N–H and O–H groups in total. The molecule has 0 aliphatic rings. The van der Waals surface area contributed by atoms with Crippen molar-refractivity contribution in [3.8, 4) is 51.0 Å². The van der Waals surface area contributed by atoms with Gasteiger partial charge in [0.25, 0.3) is 0 Å². The summed E-state index contributed by atoms with van der Waals surface area (Å²) < 4.78 is 4.86. The van der Waals surface area contributed by atoms with E-state index in [1.165, 1.54) is 53.1 Å². The third-order valence-electron chi connectivity index (χ3n) is 9.47. The summed E-state index contributed by atoms with van der Waals surface area (Å²) in [5, 5.41) is 4.97. The lowest BCUT2D eigenvalue weighted by Crippen LogP contribution is -2.00. The SMILES string of the molecule is c1ccc(-c2nc(-c3ccccc3)nc(-c3ccc4sc5ccc(-c6ccc(-n7c8ccccc8c8ccccc87)cc6)cc5c4c3)n2)cc1. The second kappa shape index (κ2) is 11.6. The number of hydrogen-bond donors (Lipinski definition) is 0. The molecule has 0 saturated carbocycles. The van der Waals surface area contributed by atoms with Crippen LogP contribution < -0.4 is 0 Å². The average Bonchev–Trinajstić information content (AvgIpc) is 3.73. The number of para-hydroxylation sites is 2. The Morgan fingerprint density at radius 3 is 1.34 bits per heavy atom. The first kappa shape index (κ1) is 28.6. The lowest BCUT2D eigenvalue weighted by molar-refractivity contribution is 1.07. The number of nitrogens with zero attached hydrogens (tertiary/aromatic N) is 4. The molecular formula is C45H28N4S. The largest absolute Gasteiger partial charge is 0.309 e. The minimum atomic E-state index is 0.663. The minimum absolute atomic E-state index is 0.663. The fourth-order valence-electron chi connectivity index (χ4n) is 7.04. The van der Waals surface area contributed by atoms with E-state index in [0.29, 0.717) is 17.5 Å². The van der Waals surface area contributed by atoms with Gasteiger partial charge in [-0.15, -0.1) is 11.3 Å². The van der Waals surface area contributed by atoms with Gasteiger partial charge in [0.15, 0.2) is 17.5 Å². The molecule has 10 aromatic rings. The van der Waals surface area contributed by atoms with Crippen molar-refractivity contribution in [2.24, 2.45) is 0 Å². The maximum atomic E-state index is 4.98. The van der Waals surface area contributed by atoms with Gasteiger partial charge in [-0.2, -0.15) is 0 Å². The predicted molar refractivity (Wildman–Crippen MR) is 209 cm³/mol. The Morgan fingerprint density at radius 2 is 0.780 bits per heavy atom. The van der Waals surface area contributed by atoms with Crippen LogP contribution in [-0.4, -0.2) is 19.5 Å². The van der Waals surface area contributed by atoms with Crippen molar-refractivity contribution in [1.82, 2.24) is 19.5 Å². The Hall–Kier alpha value is -6.43. The second-order valence-corrected chi connectivity index (χ2v) is 13.6. The van der Waals surface area contributed by atoms with Crippen LogP contribution >= 0.6 is 11.3 Å². The van der Waals surface area contributed by atoms with E-state index in [-0.39, 0.29) is 0 Å². The quantitative estimate of drug-likeness (QED) is 0.185. The summed E-state index contributed by atoms with van der Waals surface area (Å²) in [6.45, 7) is 0. The highest BCUT2D eigenvalue weighted by atomic mass is 32.1. The summed E-state index contributed by atoms with van der Waals surface area (Å²) in [6, 6.07) is 59.8. The lowest BCUT2D eigenvalue weighted by atomic mass is 10.0. The van der Waals surface area contributed by atoms with Gasteiger partial charge in [0.05, 0.1) is 11.0 Å². The first-order valence-electron chi connectivity index (χ1n) is 16.7. The third kappa shape index (κ3) is 4.79. The summed E-state index contributed by atoms with van der Waals surface area (Å²) >= 11 is 1.82. The summed E-state index contributed by atoms with van der Waals surface area (Å²) in [4.78, 5) is 14.8. The number of benzene rings is 7. The smallest absolute Gasteiger partial charge is 0.164 e. The zero-order chi connectivity index (χ0) is 33.0. The molecule has 5 heteroatoms. The molecule has 7 aromatic carbocycles. The standard InChI is InChI=1S/C45H28N4S/c1-3-11-30(12-4-1)43-46-44(31-13-5-2-6-14-31)48-45(47-43)33-22-26-42-38(28-33)37-27-32(21-25-41(37)50-42)29-19-23-34(24-20-29)49-39-17-9-7-15-35(39)36-16-8-10-18-40(36)49/h1-28H. The highest BCUT2D eigenvalue weighted by Gasteiger charge is 2.15. The molecule has 0 aliphatic heterocycles. The first-order valence-corrected chi connectivity index (χ1v) is 17.5. The van der Waals surface area contributed by atoms with Gasteiger partial charge in [-0.3, -0.25) is 0 Å². The van der Waals surface area contributed by atoms with E-state index < -0.39 is 0 Å². The van der Waals surface area contributed by atoms with Crippen molar-refractivity contribution in [1.29, 1.82) is 0 Å². The molecular weight excluding hydrogens is 629 g/mol. The van der Waals surface area contributed by atoms with Crippen LogP contribution in [0.25, 0.3) is 93.0 Å². The molecule has 3 heterocycles. The zero-order valence-electron chi connectivity index (χ0n) is 26.9. The van der Waals surface area contributed by atoms with E-state index in [0.717, 1.165) is 22.4 Å². The van der Waals surface area contributed by atoms with Crippen LogP contribution in [0.4, 0.5) is 0 Å². The Balaban J connectivity index is 1.06. The van der Waals surface area contributed by atoms with Crippen molar-refractivity contribution in [2.75, 3.05) is 0 Å². The van der Waals surface area contributed by atoms with Crippen LogP contribution in [0.5, 0.6) is 0 Å². The van der Waals surface area contributed by atoms with Gasteiger partial charge in [0, 0.05) is 53.3 Å². The Bertz CT molecular complexity index is 2740. The highest BCUT2D eigenvalue weighted by molar-refractivity contribution is 7.25. The molecule has 4 nitrogen and oxygen atoms in total. The summed E-state index contributed by atoms with van der Waals surface area (Å²) in [6.07, 6.45) is 0. The van der Waals surface area contributed by atoms with Crippen LogP contribution in [0.2, 0.25) is 0 Å². The molecule has 0 spiro atoms. The van der Waals surface area contributed by atoms with Crippen molar-refractivity contribution in [3.63, 3.8) is 0 Å². The van der Waals surface area contributed by atoms with E-state index in [1.54, 1.807) is 0 Å². The predicted octanol–water partition coefficient (Wildman–Crippen LogP) is 12.0. The average molecular weight is 657 g/mol. The van der Waals surface area contributed by atoms with Crippen molar-refractivity contribution < 1.29 is 0 Å². The minimum Gasteiger partial charge on any atom is -0.309 e. The molecule has 10 rings (SSSR count). The van der Waals surface area contributed by atoms with Gasteiger partial charge in [-0.25, -0.2) is 15.0 Å². The zero-order valence-corrected chi connectivity index (χ0v) is 27.7. The number of rotatable bonds is 5. The summed E-state index contributed by atoms with van der Waals surface area (Å²) in [7, 11) is 0. The second-order valence-electron chi connectivity index (χ2n) is 12.5. The van der Waals surface area contributed by atoms with E-state index in [1.807, 2.05) is 72.0 Å². The first-order chi connectivity index (χ1) is 24.8. The van der Waals surface area contributed by atoms with Crippen LogP contribution in [0.3, 0.4) is 0 Å². The molecule has 0 saturated heterocycles. The molecule has 0 unspecified atom stereocenters. The van der Waals surface area contributed by atoms with Crippen LogP contribution in [0, 0.1) is 0 Å². The number of hydrogen-bond acceptors (Lipinski definition) is 4. The fraction of sp³-hybridized carbons (Fsp3) is 0. The van der Waals surface area contributed by atoms with Crippen LogP contribution in [0.15, 0.2) is 170 Å². The summed E-state index contributed by atoms with van der Waals surface area (Å²) in [5.74, 6) is 1.99. The Labute approximate surface area is 292 Å². The van der Waals surface area contributed by atoms with Crippen LogP contribution in [0.1, 0.15) is 0 Å². The maximum Gasteiger partial charge on any atom is 0.164 e. The monoisotopic (exact) mass is 656 g/mol. The topological polar surface area (TPSA) is 43.6 Å². The van der Waals surface area contributed by atoms with Crippen molar-refractivity contribution in [2.45, 2.75) is 0 Å². The van der Waals surface area contributed by atoms with Gasteiger partial charge < -0.3 is 4.57 Å². The van der Waals surface area contributed by atoms with E-state index in [9.17, 15) is 0 Å². The van der Waals surface area contributed by atoms with Gasteiger partial charge in [0.2, 0.25) is 0 Å². The molecule has 0 fully saturated rings. The van der Waals surface area contributed by atoms with Crippen molar-refractivity contribution in [3.05, 3.63) is 170 Å². The Morgan fingerprint density at radius 1 is 0.340 bits per heavy atom. The number of fused-ring (bicyclic) bond motifs is 6. The normalized spacial score (nSPS) is 11.6. The number of thiophene rings is 1. The maximum absolute atomic E-state index is 4.98. The van der Waals surface area contributed by atoms with Gasteiger partial charge in [0.1, 0.15) is 0 Å². The molecule has 0 aliphatic carbocycles. The van der Waals surface area contributed by atoms with E-state index in [2.05, 4.69) is 114 Å². The highest BCUT2D eigenvalue weighted by Crippen LogP contribution is 2.39. The van der Waals surface area contributed by atoms with Crippen LogP contribution in [-0.2, 0) is 0 Å². The summed E-state index contributed by atoms with van der Waals surface area (Å²) in [5.41, 5.74) is 8.85. The Kier molecular flexibility index (Phi) is 6.64. The molecule has 3 aromatic heterocycles. The van der Waals surface area contributed by atoms with Crippen molar-refractivity contribution >= 4 is 53.3 Å². The third-order valence-corrected chi connectivity index (χ3v) is 10.6.